The zero-order valence-electron chi connectivity index (χ0n) is 16.4. The number of ether oxygens (including phenoxy) is 2. The Balaban J connectivity index is 1.80. The zero-order chi connectivity index (χ0) is 20.8. The van der Waals surface area contributed by atoms with Gasteiger partial charge in [-0.3, -0.25) is 19.7 Å². The molecule has 2 amide bonds. The zero-order valence-corrected chi connectivity index (χ0v) is 17.2. The highest BCUT2D eigenvalue weighted by Gasteiger charge is 2.67. The maximum atomic E-state index is 13.5. The minimum atomic E-state index is -1.30. The molecule has 7 nitrogen and oxygen atoms in total. The Morgan fingerprint density at radius 3 is 2.69 bits per heavy atom. The molecule has 1 aromatic carbocycles. The van der Waals surface area contributed by atoms with E-state index < -0.39 is 35.3 Å². The molecule has 2 aliphatic heterocycles. The van der Waals surface area contributed by atoms with E-state index in [-0.39, 0.29) is 12.5 Å². The predicted molar refractivity (Wildman–Crippen MR) is 108 cm³/mol. The summed E-state index contributed by atoms with van der Waals surface area (Å²) in [7, 11) is 1.52. The van der Waals surface area contributed by atoms with Crippen molar-refractivity contribution in [3.05, 3.63) is 46.7 Å². The van der Waals surface area contributed by atoms with E-state index >= 15 is 0 Å². The smallest absolute Gasteiger partial charge is 0.326 e. The molecule has 4 atom stereocenters. The molecule has 2 fully saturated rings. The SMILES string of the molecule is CCOC(=O)[C@]1(C)N[C@H](c2cccs2)[C@H]2C(=O)N(c3cccc(OC)c3)C(=O)[C@@H]21. The van der Waals surface area contributed by atoms with Crippen LogP contribution >= 0.6 is 11.3 Å². The molecular weight excluding hydrogens is 392 g/mol. The summed E-state index contributed by atoms with van der Waals surface area (Å²) in [6.07, 6.45) is 0. The Kier molecular flexibility index (Phi) is 4.92. The number of amides is 2. The number of nitrogens with one attached hydrogen (secondary N) is 1. The van der Waals surface area contributed by atoms with Gasteiger partial charge < -0.3 is 9.47 Å². The molecule has 2 aliphatic rings. The number of esters is 1. The molecule has 1 aromatic heterocycles. The van der Waals surface area contributed by atoms with Gasteiger partial charge in [-0.1, -0.05) is 12.1 Å². The Morgan fingerprint density at radius 1 is 1.24 bits per heavy atom. The van der Waals surface area contributed by atoms with Crippen LogP contribution in [0.3, 0.4) is 0 Å². The number of fused-ring (bicyclic) bond motifs is 1. The van der Waals surface area contributed by atoms with Gasteiger partial charge in [0.2, 0.25) is 11.8 Å². The van der Waals surface area contributed by atoms with Crippen LogP contribution in [0, 0.1) is 11.8 Å². The monoisotopic (exact) mass is 414 g/mol. The Hall–Kier alpha value is -2.71. The second-order valence-corrected chi connectivity index (χ2v) is 8.26. The first-order valence-electron chi connectivity index (χ1n) is 9.42. The number of benzene rings is 1. The lowest BCUT2D eigenvalue weighted by molar-refractivity contribution is -0.153. The lowest BCUT2D eigenvalue weighted by Crippen LogP contribution is -2.54. The second kappa shape index (κ2) is 7.27. The van der Waals surface area contributed by atoms with Crippen molar-refractivity contribution in [1.82, 2.24) is 5.32 Å². The molecule has 0 saturated carbocycles. The molecule has 3 heterocycles. The lowest BCUT2D eigenvalue weighted by Gasteiger charge is -2.29. The quantitative estimate of drug-likeness (QED) is 0.598. The molecule has 0 unspecified atom stereocenters. The molecule has 1 N–H and O–H groups in total. The van der Waals surface area contributed by atoms with E-state index in [0.29, 0.717) is 11.4 Å². The fourth-order valence-corrected chi connectivity index (χ4v) is 5.15. The van der Waals surface area contributed by atoms with E-state index in [4.69, 9.17) is 9.47 Å². The number of hydrogen-bond acceptors (Lipinski definition) is 7. The number of hydrogen-bond donors (Lipinski definition) is 1. The highest BCUT2D eigenvalue weighted by molar-refractivity contribution is 7.10. The van der Waals surface area contributed by atoms with E-state index in [0.717, 1.165) is 4.88 Å². The van der Waals surface area contributed by atoms with Gasteiger partial charge in [0.1, 0.15) is 11.3 Å². The van der Waals surface area contributed by atoms with E-state index in [1.54, 1.807) is 38.1 Å². The molecule has 2 saturated heterocycles. The summed E-state index contributed by atoms with van der Waals surface area (Å²) >= 11 is 1.48. The van der Waals surface area contributed by atoms with Gasteiger partial charge in [0, 0.05) is 10.9 Å². The number of imide groups is 1. The largest absolute Gasteiger partial charge is 0.497 e. The molecule has 0 aliphatic carbocycles. The van der Waals surface area contributed by atoms with E-state index in [9.17, 15) is 14.4 Å². The summed E-state index contributed by atoms with van der Waals surface area (Å²) in [6.45, 7) is 3.56. The van der Waals surface area contributed by atoms with E-state index in [1.807, 2.05) is 17.5 Å². The first-order valence-corrected chi connectivity index (χ1v) is 10.3. The summed E-state index contributed by atoms with van der Waals surface area (Å²) in [5.41, 5.74) is -0.861. The van der Waals surface area contributed by atoms with Gasteiger partial charge in [0.15, 0.2) is 0 Å². The lowest BCUT2D eigenvalue weighted by atomic mass is 9.81. The van der Waals surface area contributed by atoms with Crippen LogP contribution in [0.1, 0.15) is 24.8 Å². The number of rotatable bonds is 5. The number of thiophene rings is 1. The highest BCUT2D eigenvalue weighted by atomic mass is 32.1. The fourth-order valence-electron chi connectivity index (χ4n) is 4.32. The second-order valence-electron chi connectivity index (χ2n) is 7.28. The van der Waals surface area contributed by atoms with Gasteiger partial charge in [-0.2, -0.15) is 0 Å². The van der Waals surface area contributed by atoms with Gasteiger partial charge in [0.25, 0.3) is 0 Å². The van der Waals surface area contributed by atoms with Crippen LogP contribution < -0.4 is 15.0 Å². The number of carbonyl (C=O) groups excluding carboxylic acids is 3. The Bertz CT molecular complexity index is 960. The van der Waals surface area contributed by atoms with E-state index in [1.165, 1.54) is 23.3 Å². The summed E-state index contributed by atoms with van der Waals surface area (Å²) in [5.74, 6) is -2.26. The number of carbonyl (C=O) groups is 3. The molecule has 152 valence electrons. The highest BCUT2D eigenvalue weighted by Crippen LogP contribution is 2.50. The maximum absolute atomic E-state index is 13.5. The number of nitrogens with zero attached hydrogens (tertiary/aromatic N) is 1. The van der Waals surface area contributed by atoms with Gasteiger partial charge in [-0.05, 0) is 37.4 Å². The van der Waals surface area contributed by atoms with Crippen molar-refractivity contribution in [2.75, 3.05) is 18.6 Å². The topological polar surface area (TPSA) is 84.9 Å². The minimum absolute atomic E-state index is 0.193. The van der Waals surface area contributed by atoms with Crippen molar-refractivity contribution >= 4 is 34.8 Å². The van der Waals surface area contributed by atoms with Crippen LogP contribution in [-0.2, 0) is 19.1 Å². The molecular formula is C21H22N2O5S. The average Bonchev–Trinajstić information content (AvgIpc) is 3.40. The van der Waals surface area contributed by atoms with Gasteiger partial charge in [-0.25, -0.2) is 4.90 Å². The summed E-state index contributed by atoms with van der Waals surface area (Å²) < 4.78 is 10.5. The van der Waals surface area contributed by atoms with E-state index in [2.05, 4.69) is 5.32 Å². The van der Waals surface area contributed by atoms with Crippen LogP contribution in [0.25, 0.3) is 0 Å². The third kappa shape index (κ3) is 2.94. The van der Waals surface area contributed by atoms with Crippen LogP contribution in [0.5, 0.6) is 5.75 Å². The minimum Gasteiger partial charge on any atom is -0.497 e. The molecule has 4 rings (SSSR count). The molecule has 2 aromatic rings. The molecule has 0 spiro atoms. The van der Waals surface area contributed by atoms with Gasteiger partial charge in [0.05, 0.1) is 37.3 Å². The fraction of sp³-hybridized carbons (Fsp3) is 0.381. The standard InChI is InChI=1S/C21H22N2O5S/c1-4-28-20(26)21(2)16-15(17(22-21)14-9-6-10-29-14)18(24)23(19(16)25)12-7-5-8-13(11-12)27-3/h5-11,15-17,22H,4H2,1-3H3/t15-,16+,17+,21+/m0/s1. The predicted octanol–water partition coefficient (Wildman–Crippen LogP) is 2.53. The third-order valence-electron chi connectivity index (χ3n) is 5.65. The Labute approximate surface area is 172 Å². The average molecular weight is 414 g/mol. The van der Waals surface area contributed by atoms with Crippen LogP contribution in [0.15, 0.2) is 41.8 Å². The summed E-state index contributed by atoms with van der Waals surface area (Å²) in [6, 6.07) is 10.2. The van der Waals surface area contributed by atoms with Gasteiger partial charge >= 0.3 is 5.97 Å². The summed E-state index contributed by atoms with van der Waals surface area (Å²) in [4.78, 5) is 41.8. The first-order chi connectivity index (χ1) is 13.9. The van der Waals surface area contributed by atoms with Crippen LogP contribution in [0.4, 0.5) is 5.69 Å². The van der Waals surface area contributed by atoms with Gasteiger partial charge in [-0.15, -0.1) is 11.3 Å². The van der Waals surface area contributed by atoms with Crippen molar-refractivity contribution < 1.29 is 23.9 Å². The maximum Gasteiger partial charge on any atom is 0.326 e. The molecule has 0 bridgehead atoms. The van der Waals surface area contributed by atoms with Crippen molar-refractivity contribution in [2.24, 2.45) is 11.8 Å². The number of methoxy groups -OCH3 is 1. The van der Waals surface area contributed by atoms with Crippen LogP contribution in [0.2, 0.25) is 0 Å². The number of anilines is 1. The third-order valence-corrected chi connectivity index (χ3v) is 6.60. The van der Waals surface area contributed by atoms with Crippen molar-refractivity contribution in [3.63, 3.8) is 0 Å². The van der Waals surface area contributed by atoms with Crippen molar-refractivity contribution in [1.29, 1.82) is 0 Å². The summed E-state index contributed by atoms with van der Waals surface area (Å²) in [5, 5.41) is 5.16. The normalized spacial score (nSPS) is 28.5. The van der Waals surface area contributed by atoms with Crippen molar-refractivity contribution in [3.8, 4) is 5.75 Å². The van der Waals surface area contributed by atoms with Crippen LogP contribution in [-0.4, -0.2) is 37.0 Å². The van der Waals surface area contributed by atoms with Crippen molar-refractivity contribution in [2.45, 2.75) is 25.4 Å². The first kappa shape index (κ1) is 19.6. The molecule has 29 heavy (non-hydrogen) atoms. The Morgan fingerprint density at radius 2 is 2.03 bits per heavy atom. The molecule has 8 heteroatoms. The molecule has 0 radical (unpaired) electrons.